The third kappa shape index (κ3) is 2.86. The van der Waals surface area contributed by atoms with Gasteiger partial charge in [0.25, 0.3) is 0 Å². The lowest BCUT2D eigenvalue weighted by Gasteiger charge is -2.06. The van der Waals surface area contributed by atoms with Gasteiger partial charge in [-0.1, -0.05) is 15.9 Å². The van der Waals surface area contributed by atoms with Gasteiger partial charge in [-0.2, -0.15) is 10.5 Å². The smallest absolute Gasteiger partial charge is 0.216 e. The molecule has 0 fully saturated rings. The fourth-order valence-corrected chi connectivity index (χ4v) is 1.69. The van der Waals surface area contributed by atoms with Crippen LogP contribution in [0.5, 0.6) is 5.75 Å². The molecule has 1 aromatic carbocycles. The van der Waals surface area contributed by atoms with E-state index in [1.807, 2.05) is 6.07 Å². The maximum absolute atomic E-state index is 13.6. The van der Waals surface area contributed by atoms with Crippen LogP contribution in [-0.2, 0) is 0 Å². The Morgan fingerprint density at radius 2 is 2.37 bits per heavy atom. The molecule has 9 heteroatoms. The zero-order chi connectivity index (χ0) is 13.8. The van der Waals surface area contributed by atoms with Crippen LogP contribution in [0, 0.1) is 17.1 Å². The average Bonchev–Trinajstić information content (AvgIpc) is 2.86. The highest BCUT2D eigenvalue weighted by Crippen LogP contribution is 2.30. The first kappa shape index (κ1) is 13.0. The van der Waals surface area contributed by atoms with Crippen molar-refractivity contribution in [1.82, 2.24) is 20.6 Å². The van der Waals surface area contributed by atoms with Crippen molar-refractivity contribution in [1.29, 1.82) is 5.26 Å². The van der Waals surface area contributed by atoms with Crippen LogP contribution < -0.4 is 5.32 Å². The van der Waals surface area contributed by atoms with Gasteiger partial charge in [0.1, 0.15) is 23.1 Å². The maximum atomic E-state index is 13.6. The lowest BCUT2D eigenvalue weighted by molar-refractivity contribution is 0.472. The molecule has 0 bridgehead atoms. The van der Waals surface area contributed by atoms with Gasteiger partial charge in [0, 0.05) is 10.7 Å². The topological polar surface area (TPSA) is 111 Å². The zero-order valence-electron chi connectivity index (χ0n) is 9.22. The predicted octanol–water partition coefficient (Wildman–Crippen LogP) is 1.78. The molecule has 0 saturated heterocycles. The van der Waals surface area contributed by atoms with Gasteiger partial charge in [-0.3, -0.25) is 0 Å². The second-order valence-corrected chi connectivity index (χ2v) is 4.25. The summed E-state index contributed by atoms with van der Waals surface area (Å²) in [4.78, 5) is 0. The van der Waals surface area contributed by atoms with Crippen LogP contribution in [0.1, 0.15) is 5.82 Å². The molecule has 0 aliphatic carbocycles. The number of anilines is 1. The lowest BCUT2D eigenvalue weighted by Crippen LogP contribution is -1.96. The fourth-order valence-electron chi connectivity index (χ4n) is 1.27. The monoisotopic (exact) mass is 324 g/mol. The Bertz CT molecular complexity index is 640. The van der Waals surface area contributed by atoms with Crippen LogP contribution in [0.15, 0.2) is 22.8 Å². The number of phenolic OH excluding ortho intramolecular Hbond substituents is 1. The van der Waals surface area contributed by atoms with Crippen LogP contribution in [0.3, 0.4) is 0 Å². The summed E-state index contributed by atoms with van der Waals surface area (Å²) in [5.74, 6) is -0.908. The molecule has 1 heterocycles. The van der Waals surface area contributed by atoms with Crippen molar-refractivity contribution >= 4 is 27.2 Å². The number of hydrogen-bond donors (Lipinski definition) is 3. The molecular weight excluding hydrogens is 319 g/mol. The highest BCUT2D eigenvalue weighted by Gasteiger charge is 2.10. The van der Waals surface area contributed by atoms with Gasteiger partial charge in [0.2, 0.25) is 5.82 Å². The molecule has 0 aliphatic rings. The molecule has 0 unspecified atom stereocenters. The zero-order valence-corrected chi connectivity index (χ0v) is 10.8. The molecule has 0 aliphatic heterocycles. The molecule has 96 valence electrons. The lowest BCUT2D eigenvalue weighted by atomic mass is 10.2. The minimum atomic E-state index is -0.673. The summed E-state index contributed by atoms with van der Waals surface area (Å²) in [6.45, 7) is 0. The number of nitrogens with one attached hydrogen (secondary N) is 2. The van der Waals surface area contributed by atoms with Crippen LogP contribution in [-0.4, -0.2) is 25.7 Å². The van der Waals surface area contributed by atoms with Crippen LogP contribution >= 0.6 is 15.9 Å². The second kappa shape index (κ2) is 5.45. The molecule has 0 amide bonds. The number of phenols is 1. The molecule has 0 radical (unpaired) electrons. The quantitative estimate of drug-likeness (QED) is 0.586. The number of nitriles is 1. The molecule has 0 spiro atoms. The van der Waals surface area contributed by atoms with E-state index in [0.717, 1.165) is 0 Å². The third-order valence-electron chi connectivity index (χ3n) is 2.10. The number of benzene rings is 1. The van der Waals surface area contributed by atoms with Crippen molar-refractivity contribution in [3.05, 3.63) is 34.4 Å². The highest BCUT2D eigenvalue weighted by molar-refractivity contribution is 9.10. The van der Waals surface area contributed by atoms with Gasteiger partial charge in [0.15, 0.2) is 5.82 Å². The summed E-state index contributed by atoms with van der Waals surface area (Å²) in [6.07, 6.45) is 1.18. The number of aromatic amines is 1. The Morgan fingerprint density at radius 1 is 1.58 bits per heavy atom. The largest absolute Gasteiger partial charge is 0.506 e. The fraction of sp³-hybridized carbons (Fsp3) is 0. The number of allylic oxidation sites excluding steroid dienone is 1. The van der Waals surface area contributed by atoms with E-state index in [1.165, 1.54) is 18.3 Å². The van der Waals surface area contributed by atoms with E-state index < -0.39 is 5.82 Å². The van der Waals surface area contributed by atoms with Crippen LogP contribution in [0.25, 0.3) is 5.57 Å². The first-order valence-corrected chi connectivity index (χ1v) is 5.69. The van der Waals surface area contributed by atoms with E-state index in [9.17, 15) is 9.50 Å². The minimum absolute atomic E-state index is 0.0375. The number of aromatic hydroxyl groups is 1. The number of aromatic nitrogens is 4. The van der Waals surface area contributed by atoms with E-state index in [4.69, 9.17) is 5.26 Å². The SMILES string of the molecule is N#CC(=CNc1c(O)cc(Br)cc1F)c1nn[nH]n1. The Balaban J connectivity index is 2.30. The standard InChI is InChI=1S/C10H6BrFN6O/c11-6-1-7(12)9(8(19)2-6)14-4-5(3-13)10-15-17-18-16-10/h1-2,4,14,19H,(H,15,16,17,18). The van der Waals surface area contributed by atoms with Crippen molar-refractivity contribution in [3.8, 4) is 11.8 Å². The van der Waals surface area contributed by atoms with Gasteiger partial charge >= 0.3 is 0 Å². The van der Waals surface area contributed by atoms with Gasteiger partial charge in [0.05, 0.1) is 0 Å². The molecule has 7 nitrogen and oxygen atoms in total. The van der Waals surface area contributed by atoms with Gasteiger partial charge in [-0.25, -0.2) is 4.39 Å². The van der Waals surface area contributed by atoms with Crippen molar-refractivity contribution in [2.45, 2.75) is 0 Å². The van der Waals surface area contributed by atoms with E-state index in [-0.39, 0.29) is 22.8 Å². The third-order valence-corrected chi connectivity index (χ3v) is 2.56. The summed E-state index contributed by atoms with van der Waals surface area (Å²) < 4.78 is 14.0. The first-order chi connectivity index (χ1) is 9.11. The Morgan fingerprint density at radius 3 is 2.95 bits per heavy atom. The predicted molar refractivity (Wildman–Crippen MR) is 67.2 cm³/mol. The van der Waals surface area contributed by atoms with Gasteiger partial charge in [-0.15, -0.1) is 10.2 Å². The van der Waals surface area contributed by atoms with Crippen molar-refractivity contribution in [3.63, 3.8) is 0 Å². The van der Waals surface area contributed by atoms with Crippen molar-refractivity contribution in [2.24, 2.45) is 0 Å². The number of H-pyrrole nitrogens is 1. The van der Waals surface area contributed by atoms with E-state index in [0.29, 0.717) is 4.47 Å². The molecule has 0 saturated carbocycles. The van der Waals surface area contributed by atoms with Crippen molar-refractivity contribution in [2.75, 3.05) is 5.32 Å². The summed E-state index contributed by atoms with van der Waals surface area (Å²) >= 11 is 3.04. The van der Waals surface area contributed by atoms with Crippen molar-refractivity contribution < 1.29 is 9.50 Å². The second-order valence-electron chi connectivity index (χ2n) is 3.33. The molecule has 2 rings (SSSR count). The van der Waals surface area contributed by atoms with Crippen LogP contribution in [0.2, 0.25) is 0 Å². The Kier molecular flexibility index (Phi) is 3.72. The molecule has 2 aromatic rings. The summed E-state index contributed by atoms with van der Waals surface area (Å²) in [7, 11) is 0. The minimum Gasteiger partial charge on any atom is -0.506 e. The highest BCUT2D eigenvalue weighted by atomic mass is 79.9. The number of nitrogens with zero attached hydrogens (tertiary/aromatic N) is 4. The number of halogens is 2. The van der Waals surface area contributed by atoms with E-state index >= 15 is 0 Å². The average molecular weight is 325 g/mol. The molecule has 0 atom stereocenters. The Labute approximate surface area is 114 Å². The number of rotatable bonds is 3. The number of tetrazole rings is 1. The van der Waals surface area contributed by atoms with Gasteiger partial charge in [-0.05, 0) is 17.3 Å². The van der Waals surface area contributed by atoms with E-state index in [1.54, 1.807) is 0 Å². The van der Waals surface area contributed by atoms with Gasteiger partial charge < -0.3 is 10.4 Å². The first-order valence-electron chi connectivity index (χ1n) is 4.90. The van der Waals surface area contributed by atoms with E-state index in [2.05, 4.69) is 41.9 Å². The van der Waals surface area contributed by atoms with Crippen LogP contribution in [0.4, 0.5) is 10.1 Å². The Hall–Kier alpha value is -2.47. The number of hydrogen-bond acceptors (Lipinski definition) is 6. The molecular formula is C10H6BrFN6O. The summed E-state index contributed by atoms with van der Waals surface area (Å²) in [5.41, 5.74) is -0.116. The summed E-state index contributed by atoms with van der Waals surface area (Å²) in [6, 6.07) is 4.32. The summed E-state index contributed by atoms with van der Waals surface area (Å²) in [5, 5.41) is 33.7. The maximum Gasteiger partial charge on any atom is 0.216 e. The molecule has 3 N–H and O–H groups in total. The molecule has 19 heavy (non-hydrogen) atoms. The normalized spacial score (nSPS) is 11.1. The molecule has 1 aromatic heterocycles.